The maximum atomic E-state index is 2.35. The van der Waals surface area contributed by atoms with Crippen molar-refractivity contribution in [2.75, 3.05) is 11.5 Å². The summed E-state index contributed by atoms with van der Waals surface area (Å²) in [6.45, 7) is 4.46. The van der Waals surface area contributed by atoms with E-state index in [2.05, 4.69) is 61.6 Å². The Morgan fingerprint density at radius 2 is 1.67 bits per heavy atom. The van der Waals surface area contributed by atoms with Crippen LogP contribution in [0.1, 0.15) is 50.2 Å². The van der Waals surface area contributed by atoms with E-state index in [9.17, 15) is 0 Å². The number of unbranched alkanes of at least 4 members (excludes halogenated alkanes) is 3. The van der Waals surface area contributed by atoms with Crippen molar-refractivity contribution >= 4 is 23.5 Å². The van der Waals surface area contributed by atoms with E-state index in [1.54, 1.807) is 0 Å². The molecule has 2 heteroatoms. The molecule has 100 valence electrons. The van der Waals surface area contributed by atoms with Crippen LogP contribution < -0.4 is 0 Å². The fourth-order valence-corrected chi connectivity index (χ4v) is 5.84. The van der Waals surface area contributed by atoms with Crippen LogP contribution in [0.2, 0.25) is 0 Å². The van der Waals surface area contributed by atoms with Gasteiger partial charge in [-0.2, -0.15) is 0 Å². The lowest BCUT2D eigenvalue weighted by molar-refractivity contribution is 0.612. The summed E-state index contributed by atoms with van der Waals surface area (Å²) in [6.07, 6.45) is 6.83. The van der Waals surface area contributed by atoms with Crippen LogP contribution in [-0.4, -0.2) is 11.5 Å². The number of hydrogen-bond acceptors (Lipinski definition) is 2. The monoisotopic (exact) mass is 280 g/mol. The molecular formula is C16H24S2. The molecule has 2 rings (SSSR count). The lowest BCUT2D eigenvalue weighted by Crippen LogP contribution is -2.14. The summed E-state index contributed by atoms with van der Waals surface area (Å²) < 4.78 is 0.363. The zero-order valence-corrected chi connectivity index (χ0v) is 13.2. The number of thioether (sulfide) groups is 2. The van der Waals surface area contributed by atoms with E-state index in [0.29, 0.717) is 4.08 Å². The highest BCUT2D eigenvalue weighted by Crippen LogP contribution is 2.55. The molecule has 0 nitrogen and oxygen atoms in total. The highest BCUT2D eigenvalue weighted by molar-refractivity contribution is 8.20. The minimum absolute atomic E-state index is 0.363. The number of hydrogen-bond donors (Lipinski definition) is 0. The Kier molecular flexibility index (Phi) is 5.50. The zero-order valence-electron chi connectivity index (χ0n) is 11.6. The van der Waals surface area contributed by atoms with Crippen LogP contribution in [0.25, 0.3) is 0 Å². The largest absolute Gasteiger partial charge is 0.139 e. The van der Waals surface area contributed by atoms with Crippen LogP contribution in [0.5, 0.6) is 0 Å². The number of rotatable bonds is 6. The summed E-state index contributed by atoms with van der Waals surface area (Å²) in [5, 5.41) is 0. The van der Waals surface area contributed by atoms with Crippen LogP contribution >= 0.6 is 23.5 Å². The molecule has 1 aliphatic heterocycles. The van der Waals surface area contributed by atoms with Gasteiger partial charge in [0.15, 0.2) is 0 Å². The third-order valence-corrected chi connectivity index (χ3v) is 7.20. The molecule has 0 aromatic heterocycles. The Balaban J connectivity index is 2.04. The molecule has 0 unspecified atom stereocenters. The van der Waals surface area contributed by atoms with Gasteiger partial charge < -0.3 is 0 Å². The summed E-state index contributed by atoms with van der Waals surface area (Å²) in [5.74, 6) is 2.62. The SMILES string of the molecule is CCCCCCC1(c2ccc(C)cc2)SCCS1. The van der Waals surface area contributed by atoms with Gasteiger partial charge in [-0.3, -0.25) is 0 Å². The number of aryl methyl sites for hydroxylation is 1. The Hall–Kier alpha value is -0.0800. The second kappa shape index (κ2) is 6.91. The maximum absolute atomic E-state index is 2.35. The fraction of sp³-hybridized carbons (Fsp3) is 0.625. The molecule has 0 spiro atoms. The van der Waals surface area contributed by atoms with Crippen molar-refractivity contribution < 1.29 is 0 Å². The lowest BCUT2D eigenvalue weighted by Gasteiger charge is -2.28. The number of benzene rings is 1. The van der Waals surface area contributed by atoms with E-state index in [1.165, 1.54) is 54.7 Å². The molecule has 0 radical (unpaired) electrons. The quantitative estimate of drug-likeness (QED) is 0.622. The van der Waals surface area contributed by atoms with Crippen molar-refractivity contribution in [3.63, 3.8) is 0 Å². The van der Waals surface area contributed by atoms with Gasteiger partial charge in [0.1, 0.15) is 0 Å². The zero-order chi connectivity index (χ0) is 12.8. The van der Waals surface area contributed by atoms with Crippen molar-refractivity contribution in [2.45, 2.75) is 50.0 Å². The van der Waals surface area contributed by atoms with Gasteiger partial charge in [-0.05, 0) is 18.9 Å². The molecule has 1 fully saturated rings. The summed E-state index contributed by atoms with van der Waals surface area (Å²) >= 11 is 4.34. The molecule has 18 heavy (non-hydrogen) atoms. The average Bonchev–Trinajstić information content (AvgIpc) is 2.85. The molecule has 0 bridgehead atoms. The third-order valence-electron chi connectivity index (χ3n) is 3.60. The predicted molar refractivity (Wildman–Crippen MR) is 86.5 cm³/mol. The standard InChI is InChI=1S/C16H24S2/c1-3-4-5-6-11-16(17-12-13-18-16)15-9-7-14(2)8-10-15/h7-10H,3-6,11-13H2,1-2H3. The second-order valence-electron chi connectivity index (χ2n) is 5.13. The molecule has 1 aromatic carbocycles. The first kappa shape index (κ1) is 14.3. The van der Waals surface area contributed by atoms with Crippen LogP contribution in [0, 0.1) is 6.92 Å². The Morgan fingerprint density at radius 3 is 2.28 bits per heavy atom. The van der Waals surface area contributed by atoms with Crippen LogP contribution in [-0.2, 0) is 4.08 Å². The Morgan fingerprint density at radius 1 is 1.00 bits per heavy atom. The van der Waals surface area contributed by atoms with Gasteiger partial charge in [0.25, 0.3) is 0 Å². The molecular weight excluding hydrogens is 256 g/mol. The second-order valence-corrected chi connectivity index (χ2v) is 8.17. The topological polar surface area (TPSA) is 0 Å². The van der Waals surface area contributed by atoms with Crippen molar-refractivity contribution in [1.82, 2.24) is 0 Å². The van der Waals surface area contributed by atoms with Crippen LogP contribution in [0.4, 0.5) is 0 Å². The van der Waals surface area contributed by atoms with Crippen LogP contribution in [0.3, 0.4) is 0 Å². The van der Waals surface area contributed by atoms with E-state index in [1.807, 2.05) is 0 Å². The van der Waals surface area contributed by atoms with Gasteiger partial charge in [-0.15, -0.1) is 23.5 Å². The summed E-state index contributed by atoms with van der Waals surface area (Å²) in [7, 11) is 0. The smallest absolute Gasteiger partial charge is 0.0860 e. The summed E-state index contributed by atoms with van der Waals surface area (Å²) in [4.78, 5) is 0. The highest BCUT2D eigenvalue weighted by atomic mass is 32.2. The average molecular weight is 281 g/mol. The fourth-order valence-electron chi connectivity index (χ4n) is 2.50. The lowest BCUT2D eigenvalue weighted by atomic mass is 10.0. The molecule has 0 saturated carbocycles. The van der Waals surface area contributed by atoms with E-state index < -0.39 is 0 Å². The van der Waals surface area contributed by atoms with Gasteiger partial charge in [-0.1, -0.05) is 62.4 Å². The molecule has 1 aromatic rings. The van der Waals surface area contributed by atoms with E-state index in [0.717, 1.165) is 0 Å². The molecule has 1 saturated heterocycles. The Labute approximate surface area is 120 Å². The Bertz CT molecular complexity index is 350. The van der Waals surface area contributed by atoms with Crippen molar-refractivity contribution in [1.29, 1.82) is 0 Å². The molecule has 0 N–H and O–H groups in total. The highest BCUT2D eigenvalue weighted by Gasteiger charge is 2.36. The van der Waals surface area contributed by atoms with Gasteiger partial charge in [0, 0.05) is 11.5 Å². The molecule has 1 heterocycles. The first-order valence-corrected chi connectivity index (χ1v) is 9.09. The molecule has 1 aliphatic rings. The summed E-state index contributed by atoms with van der Waals surface area (Å²) in [6, 6.07) is 9.23. The maximum Gasteiger partial charge on any atom is 0.0860 e. The summed E-state index contributed by atoms with van der Waals surface area (Å²) in [5.41, 5.74) is 2.91. The van der Waals surface area contributed by atoms with Gasteiger partial charge in [0.05, 0.1) is 4.08 Å². The first-order valence-electron chi connectivity index (χ1n) is 7.12. The normalized spacial score (nSPS) is 18.1. The molecule has 0 atom stereocenters. The van der Waals surface area contributed by atoms with Crippen molar-refractivity contribution in [2.24, 2.45) is 0 Å². The minimum Gasteiger partial charge on any atom is -0.139 e. The third kappa shape index (κ3) is 3.48. The van der Waals surface area contributed by atoms with Crippen molar-refractivity contribution in [3.05, 3.63) is 35.4 Å². The molecule has 0 amide bonds. The van der Waals surface area contributed by atoms with Gasteiger partial charge >= 0.3 is 0 Å². The molecule has 0 aliphatic carbocycles. The predicted octanol–water partition coefficient (Wildman–Crippen LogP) is 5.60. The minimum atomic E-state index is 0.363. The van der Waals surface area contributed by atoms with E-state index >= 15 is 0 Å². The van der Waals surface area contributed by atoms with E-state index in [-0.39, 0.29) is 0 Å². The first-order chi connectivity index (χ1) is 8.77. The van der Waals surface area contributed by atoms with Gasteiger partial charge in [0.2, 0.25) is 0 Å². The van der Waals surface area contributed by atoms with Gasteiger partial charge in [-0.25, -0.2) is 0 Å². The van der Waals surface area contributed by atoms with E-state index in [4.69, 9.17) is 0 Å². The van der Waals surface area contributed by atoms with Crippen molar-refractivity contribution in [3.8, 4) is 0 Å². The van der Waals surface area contributed by atoms with Crippen LogP contribution in [0.15, 0.2) is 24.3 Å².